The standard InChI is InChI=1S/C70H56N2O2/c1-45-31-37-51(38-32-45)71(61-27-17-25-57-53-23-13-15-29-63(53)73-67(57)61)65-55-41-35-50(70(5,6)48-21-11-8-12-22-48)44-60(55)66(56-42-36-49(43-59(56)65)69(3,4)47-19-9-7-10-20-47)72(52-39-33-46(2)34-40-52)62-28-18-26-58-54-24-14-16-30-64(54)74-68(58)62/h7-44H,1-6H3. The maximum absolute atomic E-state index is 7.00. The maximum Gasteiger partial charge on any atom is 0.159 e. The van der Waals surface area contributed by atoms with E-state index >= 15 is 0 Å². The quantitative estimate of drug-likeness (QED) is 0.101. The number of anilines is 6. The van der Waals surface area contributed by atoms with Crippen molar-refractivity contribution in [1.29, 1.82) is 0 Å². The number of aryl methyl sites for hydroxylation is 2. The normalized spacial score (nSPS) is 12.2. The monoisotopic (exact) mass is 956 g/mol. The van der Waals surface area contributed by atoms with Gasteiger partial charge in [-0.2, -0.15) is 0 Å². The Morgan fingerprint density at radius 2 is 0.662 bits per heavy atom. The second-order valence-electron chi connectivity index (χ2n) is 21.0. The molecule has 0 saturated carbocycles. The summed E-state index contributed by atoms with van der Waals surface area (Å²) in [4.78, 5) is 4.94. The summed E-state index contributed by atoms with van der Waals surface area (Å²) in [6, 6.07) is 84.1. The van der Waals surface area contributed by atoms with Gasteiger partial charge in [-0.1, -0.05) is 209 Å². The number of para-hydroxylation sites is 4. The molecule has 358 valence electrons. The molecule has 0 atom stereocenters. The van der Waals surface area contributed by atoms with Crippen LogP contribution in [0.2, 0.25) is 0 Å². The molecule has 0 unspecified atom stereocenters. The fraction of sp³-hybridized carbons (Fsp3) is 0.114. The van der Waals surface area contributed by atoms with Crippen molar-refractivity contribution in [2.24, 2.45) is 0 Å². The van der Waals surface area contributed by atoms with Gasteiger partial charge in [0.2, 0.25) is 0 Å². The first kappa shape index (κ1) is 45.0. The highest BCUT2D eigenvalue weighted by atomic mass is 16.3. The van der Waals surface area contributed by atoms with Crippen LogP contribution in [0.5, 0.6) is 0 Å². The largest absolute Gasteiger partial charge is 0.454 e. The third-order valence-electron chi connectivity index (χ3n) is 15.8. The second-order valence-corrected chi connectivity index (χ2v) is 21.0. The molecular weight excluding hydrogens is 901 g/mol. The first-order chi connectivity index (χ1) is 36.0. The van der Waals surface area contributed by atoms with E-state index in [0.717, 1.165) is 99.5 Å². The summed E-state index contributed by atoms with van der Waals surface area (Å²) >= 11 is 0. The van der Waals surface area contributed by atoms with Crippen LogP contribution in [-0.2, 0) is 10.8 Å². The number of furan rings is 2. The zero-order valence-electron chi connectivity index (χ0n) is 42.7. The molecule has 4 nitrogen and oxygen atoms in total. The number of benzene rings is 11. The molecule has 0 bridgehead atoms. The maximum atomic E-state index is 7.00. The van der Waals surface area contributed by atoms with Gasteiger partial charge >= 0.3 is 0 Å². The fourth-order valence-corrected chi connectivity index (χ4v) is 11.5. The molecule has 11 aromatic carbocycles. The highest BCUT2D eigenvalue weighted by Crippen LogP contribution is 2.55. The molecular formula is C70H56N2O2. The number of hydrogen-bond acceptors (Lipinski definition) is 4. The van der Waals surface area contributed by atoms with Crippen molar-refractivity contribution in [1.82, 2.24) is 0 Å². The van der Waals surface area contributed by atoms with Crippen LogP contribution in [-0.4, -0.2) is 0 Å². The van der Waals surface area contributed by atoms with Gasteiger partial charge in [-0.3, -0.25) is 0 Å². The lowest BCUT2D eigenvalue weighted by Gasteiger charge is -2.35. The molecule has 2 aromatic heterocycles. The van der Waals surface area contributed by atoms with Gasteiger partial charge in [0.25, 0.3) is 0 Å². The lowest BCUT2D eigenvalue weighted by atomic mass is 9.76. The van der Waals surface area contributed by atoms with Crippen molar-refractivity contribution in [2.75, 3.05) is 9.80 Å². The Balaban J connectivity index is 1.23. The van der Waals surface area contributed by atoms with Gasteiger partial charge in [0.15, 0.2) is 11.2 Å². The molecule has 0 fully saturated rings. The molecule has 4 heteroatoms. The minimum atomic E-state index is -0.352. The molecule has 0 radical (unpaired) electrons. The third-order valence-corrected chi connectivity index (χ3v) is 15.8. The SMILES string of the molecule is Cc1ccc(N(c2c3ccc(C(C)(C)c4ccccc4)cc3c(N(c3ccc(C)cc3)c3cccc4c3oc3ccccc34)c3ccc(C(C)(C)c4ccccc4)cc23)c2cccc3c2oc2ccccc23)cc1. The van der Waals surface area contributed by atoms with Gasteiger partial charge in [0.05, 0.1) is 22.7 Å². The van der Waals surface area contributed by atoms with E-state index in [1.165, 1.54) is 33.4 Å². The Hall–Kier alpha value is -8.86. The zero-order valence-corrected chi connectivity index (χ0v) is 42.7. The average molecular weight is 957 g/mol. The molecule has 13 aromatic rings. The van der Waals surface area contributed by atoms with E-state index in [9.17, 15) is 0 Å². The highest BCUT2D eigenvalue weighted by Gasteiger charge is 2.33. The average Bonchev–Trinajstić information content (AvgIpc) is 4.02. The third kappa shape index (κ3) is 7.27. The van der Waals surface area contributed by atoms with E-state index in [1.807, 2.05) is 0 Å². The van der Waals surface area contributed by atoms with Crippen LogP contribution in [0.1, 0.15) is 61.1 Å². The van der Waals surface area contributed by atoms with Crippen molar-refractivity contribution >= 4 is 99.5 Å². The summed E-state index contributed by atoms with van der Waals surface area (Å²) in [6.45, 7) is 13.7. The van der Waals surface area contributed by atoms with Gasteiger partial charge in [-0.25, -0.2) is 0 Å². The van der Waals surface area contributed by atoms with E-state index < -0.39 is 0 Å². The minimum absolute atomic E-state index is 0.352. The Morgan fingerprint density at radius 3 is 1.07 bits per heavy atom. The number of nitrogens with zero attached hydrogens (tertiary/aromatic N) is 2. The van der Waals surface area contributed by atoms with Crippen LogP contribution >= 0.6 is 0 Å². The smallest absolute Gasteiger partial charge is 0.159 e. The van der Waals surface area contributed by atoms with Crippen molar-refractivity contribution in [3.05, 3.63) is 264 Å². The molecule has 0 N–H and O–H groups in total. The number of rotatable bonds is 10. The van der Waals surface area contributed by atoms with Gasteiger partial charge in [0, 0.05) is 65.3 Å². The topological polar surface area (TPSA) is 32.8 Å². The van der Waals surface area contributed by atoms with Crippen molar-refractivity contribution in [3.8, 4) is 0 Å². The summed E-state index contributed by atoms with van der Waals surface area (Å²) < 4.78 is 14.0. The second kappa shape index (κ2) is 17.4. The van der Waals surface area contributed by atoms with Crippen LogP contribution in [0, 0.1) is 13.8 Å². The van der Waals surface area contributed by atoms with E-state index in [2.05, 4.69) is 282 Å². The number of fused-ring (bicyclic) bond motifs is 8. The molecule has 0 aliphatic carbocycles. The first-order valence-corrected chi connectivity index (χ1v) is 25.7. The summed E-state index contributed by atoms with van der Waals surface area (Å²) in [5, 5.41) is 8.72. The Morgan fingerprint density at radius 1 is 0.297 bits per heavy atom. The Labute approximate surface area is 432 Å². The van der Waals surface area contributed by atoms with E-state index in [0.29, 0.717) is 0 Å². The minimum Gasteiger partial charge on any atom is -0.454 e. The highest BCUT2D eigenvalue weighted by molar-refractivity contribution is 6.25. The summed E-state index contributed by atoms with van der Waals surface area (Å²) in [5.41, 5.74) is 16.1. The van der Waals surface area contributed by atoms with Crippen LogP contribution in [0.3, 0.4) is 0 Å². The molecule has 0 aliphatic heterocycles. The lowest BCUT2D eigenvalue weighted by molar-refractivity contribution is 0.641. The summed E-state index contributed by atoms with van der Waals surface area (Å²) in [7, 11) is 0. The van der Waals surface area contributed by atoms with Gasteiger partial charge < -0.3 is 18.6 Å². The predicted molar refractivity (Wildman–Crippen MR) is 312 cm³/mol. The Bertz CT molecular complexity index is 3980. The predicted octanol–water partition coefficient (Wildman–Crippen LogP) is 20.0. The molecule has 0 aliphatic rings. The number of hydrogen-bond donors (Lipinski definition) is 0. The molecule has 13 rings (SSSR count). The molecule has 2 heterocycles. The van der Waals surface area contributed by atoms with Crippen molar-refractivity contribution < 1.29 is 8.83 Å². The van der Waals surface area contributed by atoms with Crippen molar-refractivity contribution in [2.45, 2.75) is 52.4 Å². The van der Waals surface area contributed by atoms with Crippen LogP contribution < -0.4 is 9.80 Å². The van der Waals surface area contributed by atoms with Gasteiger partial charge in [-0.05, 0) is 96.8 Å². The summed E-state index contributed by atoms with van der Waals surface area (Å²) in [6.07, 6.45) is 0. The zero-order chi connectivity index (χ0) is 50.3. The van der Waals surface area contributed by atoms with Crippen molar-refractivity contribution in [3.63, 3.8) is 0 Å². The fourth-order valence-electron chi connectivity index (χ4n) is 11.5. The van der Waals surface area contributed by atoms with Gasteiger partial charge in [-0.15, -0.1) is 0 Å². The summed E-state index contributed by atoms with van der Waals surface area (Å²) in [5.74, 6) is 0. The van der Waals surface area contributed by atoms with E-state index in [-0.39, 0.29) is 10.8 Å². The molecule has 74 heavy (non-hydrogen) atoms. The van der Waals surface area contributed by atoms with Crippen LogP contribution in [0.15, 0.2) is 239 Å². The lowest BCUT2D eigenvalue weighted by Crippen LogP contribution is -2.20. The van der Waals surface area contributed by atoms with Gasteiger partial charge in [0.1, 0.15) is 11.2 Å². The van der Waals surface area contributed by atoms with Crippen LogP contribution in [0.25, 0.3) is 65.4 Å². The molecule has 0 saturated heterocycles. The Kier molecular flexibility index (Phi) is 10.6. The van der Waals surface area contributed by atoms with E-state index in [4.69, 9.17) is 8.83 Å². The first-order valence-electron chi connectivity index (χ1n) is 25.7. The van der Waals surface area contributed by atoms with E-state index in [1.54, 1.807) is 0 Å². The molecule has 0 spiro atoms. The van der Waals surface area contributed by atoms with Crippen LogP contribution in [0.4, 0.5) is 34.1 Å². The molecule has 0 amide bonds.